The molecule has 1 aliphatic rings. The summed E-state index contributed by atoms with van der Waals surface area (Å²) in [5.41, 5.74) is 0.776. The van der Waals surface area contributed by atoms with E-state index >= 15 is 0 Å². The normalized spacial score (nSPS) is 18.3. The highest BCUT2D eigenvalue weighted by Crippen LogP contribution is 2.38. The zero-order valence-electron chi connectivity index (χ0n) is 16.2. The van der Waals surface area contributed by atoms with E-state index in [-0.39, 0.29) is 13.1 Å². The molecule has 0 saturated carbocycles. The minimum absolute atomic E-state index is 0.251. The Morgan fingerprint density at radius 3 is 2.71 bits per heavy atom. The first-order chi connectivity index (χ1) is 13.3. The van der Waals surface area contributed by atoms with E-state index in [4.69, 9.17) is 16.3 Å². The van der Waals surface area contributed by atoms with Gasteiger partial charge in [0, 0.05) is 25.2 Å². The van der Waals surface area contributed by atoms with Crippen molar-refractivity contribution in [1.29, 1.82) is 0 Å². The third-order valence-corrected chi connectivity index (χ3v) is 5.24. The lowest BCUT2D eigenvalue weighted by Crippen LogP contribution is -2.62. The minimum Gasteiger partial charge on any atom is -0.465 e. The zero-order chi connectivity index (χ0) is 20.5. The van der Waals surface area contributed by atoms with Gasteiger partial charge in [-0.2, -0.15) is 0 Å². The van der Waals surface area contributed by atoms with Crippen LogP contribution in [0, 0.1) is 6.92 Å². The van der Waals surface area contributed by atoms with Crippen molar-refractivity contribution in [2.45, 2.75) is 26.0 Å². The number of anilines is 1. The lowest BCUT2D eigenvalue weighted by molar-refractivity contribution is -0.155. The predicted molar refractivity (Wildman–Crippen MR) is 111 cm³/mol. The van der Waals surface area contributed by atoms with Crippen LogP contribution >= 0.6 is 11.6 Å². The average Bonchev–Trinajstić information content (AvgIpc) is 2.68. The minimum atomic E-state index is -1.67. The van der Waals surface area contributed by atoms with Crippen molar-refractivity contribution in [3.8, 4) is 5.75 Å². The first kappa shape index (κ1) is 20.0. The zero-order valence-corrected chi connectivity index (χ0v) is 17.0. The summed E-state index contributed by atoms with van der Waals surface area (Å²) in [6, 6.07) is 12.8. The second-order valence-electron chi connectivity index (χ2n) is 7.04. The van der Waals surface area contributed by atoms with E-state index in [1.54, 1.807) is 25.3 Å². The van der Waals surface area contributed by atoms with Crippen molar-refractivity contribution in [2.75, 3.05) is 18.5 Å². The van der Waals surface area contributed by atoms with Crippen LogP contribution in [0.25, 0.3) is 0 Å². The molecule has 0 fully saturated rings. The van der Waals surface area contributed by atoms with Crippen molar-refractivity contribution in [3.05, 3.63) is 71.3 Å². The van der Waals surface area contributed by atoms with Gasteiger partial charge >= 0.3 is 0 Å². The summed E-state index contributed by atoms with van der Waals surface area (Å²) >= 11 is 6.26. The van der Waals surface area contributed by atoms with Crippen molar-refractivity contribution in [1.82, 2.24) is 4.90 Å². The van der Waals surface area contributed by atoms with Gasteiger partial charge in [-0.1, -0.05) is 41.9 Å². The second-order valence-corrected chi connectivity index (χ2v) is 7.44. The molecule has 28 heavy (non-hydrogen) atoms. The summed E-state index contributed by atoms with van der Waals surface area (Å²) in [4.78, 5) is 29.5. The number of benzene rings is 2. The summed E-state index contributed by atoms with van der Waals surface area (Å²) in [5.74, 6) is -0.348. The van der Waals surface area contributed by atoms with Crippen molar-refractivity contribution in [2.24, 2.45) is 0 Å². The molecule has 1 heterocycles. The molecule has 2 aromatic rings. The highest BCUT2D eigenvalue weighted by molar-refractivity contribution is 6.31. The maximum Gasteiger partial charge on any atom is 0.280 e. The third kappa shape index (κ3) is 3.50. The Balaban J connectivity index is 1.95. The van der Waals surface area contributed by atoms with Crippen LogP contribution < -0.4 is 9.64 Å². The maximum atomic E-state index is 13.4. The fourth-order valence-electron chi connectivity index (χ4n) is 3.31. The van der Waals surface area contributed by atoms with Gasteiger partial charge in [-0.05, 0) is 43.2 Å². The summed E-state index contributed by atoms with van der Waals surface area (Å²) in [6.45, 7) is 7.70. The quantitative estimate of drug-likeness (QED) is 0.565. The van der Waals surface area contributed by atoms with Gasteiger partial charge in [0.05, 0.1) is 5.69 Å². The largest absolute Gasteiger partial charge is 0.465 e. The molecule has 6 heteroatoms. The molecule has 0 radical (unpaired) electrons. The van der Waals surface area contributed by atoms with Crippen LogP contribution in [0.2, 0.25) is 5.02 Å². The molecule has 1 atom stereocenters. The summed E-state index contributed by atoms with van der Waals surface area (Å²) in [6.07, 6.45) is 1.62. The standard InChI is InChI=1S/C22H23ClN2O3/c1-5-12-25(14-16-8-6-7-9-17(16)23)21(27)22(3)20(26)24(4)18-13-15(2)10-11-19(18)28-22/h5-11,13H,1,12,14H2,2-4H3. The van der Waals surface area contributed by atoms with Gasteiger partial charge in [0.1, 0.15) is 5.75 Å². The molecule has 0 spiro atoms. The molecule has 146 valence electrons. The van der Waals surface area contributed by atoms with E-state index < -0.39 is 17.4 Å². The molecule has 5 nitrogen and oxygen atoms in total. The highest BCUT2D eigenvalue weighted by Gasteiger charge is 2.51. The first-order valence-electron chi connectivity index (χ1n) is 8.99. The van der Waals surface area contributed by atoms with E-state index in [0.717, 1.165) is 11.1 Å². The lowest BCUT2D eigenvalue weighted by atomic mass is 9.98. The highest BCUT2D eigenvalue weighted by atomic mass is 35.5. The fourth-order valence-corrected chi connectivity index (χ4v) is 3.51. The SMILES string of the molecule is C=CCN(Cc1ccccc1Cl)C(=O)C1(C)Oc2ccc(C)cc2N(C)C1=O. The molecule has 2 amide bonds. The molecule has 0 bridgehead atoms. The van der Waals surface area contributed by atoms with Crippen LogP contribution in [0.3, 0.4) is 0 Å². The summed E-state index contributed by atoms with van der Waals surface area (Å²) < 4.78 is 5.96. The van der Waals surface area contributed by atoms with Crippen LogP contribution in [-0.4, -0.2) is 35.9 Å². The lowest BCUT2D eigenvalue weighted by Gasteiger charge is -2.40. The van der Waals surface area contributed by atoms with Gasteiger partial charge in [-0.3, -0.25) is 9.59 Å². The number of aryl methyl sites for hydroxylation is 1. The fraction of sp³-hybridized carbons (Fsp3) is 0.273. The van der Waals surface area contributed by atoms with Crippen LogP contribution in [0.15, 0.2) is 55.1 Å². The maximum absolute atomic E-state index is 13.4. The van der Waals surface area contributed by atoms with Crippen LogP contribution in [0.1, 0.15) is 18.1 Å². The van der Waals surface area contributed by atoms with Gasteiger partial charge in [0.15, 0.2) is 0 Å². The smallest absolute Gasteiger partial charge is 0.280 e. The number of nitrogens with zero attached hydrogens (tertiary/aromatic N) is 2. The van der Waals surface area contributed by atoms with Crippen LogP contribution in [0.5, 0.6) is 5.75 Å². The molecule has 3 rings (SSSR count). The molecule has 0 N–H and O–H groups in total. The van der Waals surface area contributed by atoms with Crippen LogP contribution in [0.4, 0.5) is 5.69 Å². The second kappa shape index (κ2) is 7.68. The molecule has 0 aromatic heterocycles. The third-order valence-electron chi connectivity index (χ3n) is 4.87. The van der Waals surface area contributed by atoms with Crippen molar-refractivity contribution >= 4 is 29.1 Å². The van der Waals surface area contributed by atoms with Gasteiger partial charge < -0.3 is 14.5 Å². The molecule has 2 aromatic carbocycles. The topological polar surface area (TPSA) is 49.9 Å². The molecule has 0 saturated heterocycles. The van der Waals surface area contributed by atoms with Gasteiger partial charge in [0.2, 0.25) is 0 Å². The van der Waals surface area contributed by atoms with E-state index in [2.05, 4.69) is 6.58 Å². The average molecular weight is 399 g/mol. The van der Waals surface area contributed by atoms with E-state index in [1.807, 2.05) is 37.3 Å². The number of likely N-dealkylation sites (N-methyl/N-ethyl adjacent to an activating group) is 1. The Kier molecular flexibility index (Phi) is 5.47. The van der Waals surface area contributed by atoms with Gasteiger partial charge in [-0.25, -0.2) is 0 Å². The number of halogens is 1. The molecule has 1 unspecified atom stereocenters. The summed E-state index contributed by atoms with van der Waals surface area (Å²) in [5, 5.41) is 0.559. The Bertz CT molecular complexity index is 943. The monoisotopic (exact) mass is 398 g/mol. The van der Waals surface area contributed by atoms with Crippen molar-refractivity contribution in [3.63, 3.8) is 0 Å². The van der Waals surface area contributed by atoms with E-state index in [0.29, 0.717) is 16.5 Å². The van der Waals surface area contributed by atoms with Crippen LogP contribution in [-0.2, 0) is 16.1 Å². The van der Waals surface area contributed by atoms with E-state index in [1.165, 1.54) is 16.7 Å². The Morgan fingerprint density at radius 2 is 2.04 bits per heavy atom. The molecule has 1 aliphatic heterocycles. The number of fused-ring (bicyclic) bond motifs is 1. The van der Waals surface area contributed by atoms with Crippen molar-refractivity contribution < 1.29 is 14.3 Å². The number of rotatable bonds is 5. The number of carbonyl (C=O) groups is 2. The number of amides is 2. The summed E-state index contributed by atoms with van der Waals surface area (Å²) in [7, 11) is 1.65. The Hall–Kier alpha value is -2.79. The number of ether oxygens (including phenoxy) is 1. The molecular formula is C22H23ClN2O3. The number of hydrogen-bond acceptors (Lipinski definition) is 3. The predicted octanol–water partition coefficient (Wildman–Crippen LogP) is 3.98. The molecule has 0 aliphatic carbocycles. The number of hydrogen-bond donors (Lipinski definition) is 0. The van der Waals surface area contributed by atoms with Gasteiger partial charge in [0.25, 0.3) is 17.4 Å². The Morgan fingerprint density at radius 1 is 1.32 bits per heavy atom. The van der Waals surface area contributed by atoms with E-state index in [9.17, 15) is 9.59 Å². The first-order valence-corrected chi connectivity index (χ1v) is 9.37. The Labute approximate surface area is 170 Å². The number of carbonyl (C=O) groups excluding carboxylic acids is 2. The van der Waals surface area contributed by atoms with Gasteiger partial charge in [-0.15, -0.1) is 6.58 Å². The molecular weight excluding hydrogens is 376 g/mol.